The van der Waals surface area contributed by atoms with Gasteiger partial charge in [0.2, 0.25) is 0 Å². The van der Waals surface area contributed by atoms with E-state index in [1.54, 1.807) is 18.2 Å². The third-order valence-electron chi connectivity index (χ3n) is 2.20. The Morgan fingerprint density at radius 1 is 1.40 bits per heavy atom. The van der Waals surface area contributed by atoms with E-state index in [4.69, 9.17) is 27.9 Å². The first-order chi connectivity index (χ1) is 7.17. The van der Waals surface area contributed by atoms with Gasteiger partial charge in [0.1, 0.15) is 5.75 Å². The highest BCUT2D eigenvalue weighted by molar-refractivity contribution is 7.80. The second kappa shape index (κ2) is 6.51. The molecule has 1 aromatic carbocycles. The molecule has 0 aliphatic heterocycles. The van der Waals surface area contributed by atoms with Gasteiger partial charge in [-0.2, -0.15) is 12.6 Å². The number of hydrogen-bond donors (Lipinski definition) is 1. The highest BCUT2D eigenvalue weighted by Gasteiger charge is 2.07. The molecule has 0 amide bonds. The van der Waals surface area contributed by atoms with Crippen molar-refractivity contribution in [3.8, 4) is 5.75 Å². The highest BCUT2D eigenvalue weighted by atomic mass is 35.5. The summed E-state index contributed by atoms with van der Waals surface area (Å²) in [5, 5.41) is 1.17. The zero-order valence-electron chi connectivity index (χ0n) is 8.54. The normalized spacial score (nSPS) is 12.5. The molecule has 0 fully saturated rings. The summed E-state index contributed by atoms with van der Waals surface area (Å²) < 4.78 is 5.60. The Kier molecular flexibility index (Phi) is 5.65. The highest BCUT2D eigenvalue weighted by Crippen LogP contribution is 2.28. The predicted octanol–water partition coefficient (Wildman–Crippen LogP) is 4.33. The zero-order valence-corrected chi connectivity index (χ0v) is 10.9. The summed E-state index contributed by atoms with van der Waals surface area (Å²) in [4.78, 5) is 0. The van der Waals surface area contributed by atoms with E-state index < -0.39 is 0 Å². The van der Waals surface area contributed by atoms with E-state index in [0.717, 1.165) is 12.2 Å². The van der Waals surface area contributed by atoms with Crippen molar-refractivity contribution in [1.29, 1.82) is 0 Å². The van der Waals surface area contributed by atoms with Crippen LogP contribution in [-0.2, 0) is 0 Å². The standard InChI is InChI=1S/C11H14Cl2OS/c1-2-8(7-15)6-14-11-4-3-9(12)5-10(11)13/h3-5,8,15H,2,6-7H2,1H3. The van der Waals surface area contributed by atoms with Gasteiger partial charge < -0.3 is 4.74 Å². The van der Waals surface area contributed by atoms with Gasteiger partial charge in [-0.25, -0.2) is 0 Å². The fraction of sp³-hybridized carbons (Fsp3) is 0.455. The van der Waals surface area contributed by atoms with E-state index in [1.165, 1.54) is 0 Å². The molecule has 15 heavy (non-hydrogen) atoms. The fourth-order valence-corrected chi connectivity index (χ4v) is 1.93. The molecule has 1 atom stereocenters. The molecule has 1 unspecified atom stereocenters. The van der Waals surface area contributed by atoms with Gasteiger partial charge in [-0.1, -0.05) is 30.1 Å². The maximum Gasteiger partial charge on any atom is 0.137 e. The van der Waals surface area contributed by atoms with Crippen LogP contribution in [0.3, 0.4) is 0 Å². The van der Waals surface area contributed by atoms with Gasteiger partial charge in [0.15, 0.2) is 0 Å². The Labute approximate surface area is 106 Å². The van der Waals surface area contributed by atoms with Crippen molar-refractivity contribution in [2.45, 2.75) is 13.3 Å². The number of benzene rings is 1. The van der Waals surface area contributed by atoms with Gasteiger partial charge in [0.25, 0.3) is 0 Å². The molecule has 84 valence electrons. The van der Waals surface area contributed by atoms with E-state index in [9.17, 15) is 0 Å². The van der Waals surface area contributed by atoms with Crippen LogP contribution in [0, 0.1) is 5.92 Å². The second-order valence-electron chi connectivity index (χ2n) is 3.34. The Bertz CT molecular complexity index is 313. The lowest BCUT2D eigenvalue weighted by Crippen LogP contribution is -2.12. The molecule has 4 heteroatoms. The largest absolute Gasteiger partial charge is 0.492 e. The van der Waals surface area contributed by atoms with E-state index in [2.05, 4.69) is 19.6 Å². The summed E-state index contributed by atoms with van der Waals surface area (Å²) in [6.45, 7) is 2.76. The van der Waals surface area contributed by atoms with E-state index >= 15 is 0 Å². The van der Waals surface area contributed by atoms with Crippen LogP contribution in [0.1, 0.15) is 13.3 Å². The van der Waals surface area contributed by atoms with E-state index in [1.807, 2.05) is 0 Å². The predicted molar refractivity (Wildman–Crippen MR) is 69.6 cm³/mol. The third-order valence-corrected chi connectivity index (χ3v) is 3.25. The Morgan fingerprint density at radius 2 is 2.13 bits per heavy atom. The van der Waals surface area contributed by atoms with Gasteiger partial charge in [-0.15, -0.1) is 0 Å². The minimum atomic E-state index is 0.458. The molecule has 1 nitrogen and oxygen atoms in total. The molecule has 0 aromatic heterocycles. The quantitative estimate of drug-likeness (QED) is 0.780. The molecular weight excluding hydrogens is 251 g/mol. The van der Waals surface area contributed by atoms with Crippen LogP contribution < -0.4 is 4.74 Å². The van der Waals surface area contributed by atoms with Crippen LogP contribution in [0.5, 0.6) is 5.75 Å². The maximum absolute atomic E-state index is 5.97. The van der Waals surface area contributed by atoms with Crippen LogP contribution in [0.4, 0.5) is 0 Å². The topological polar surface area (TPSA) is 9.23 Å². The van der Waals surface area contributed by atoms with Crippen molar-refractivity contribution >= 4 is 35.8 Å². The second-order valence-corrected chi connectivity index (χ2v) is 4.55. The van der Waals surface area contributed by atoms with Crippen LogP contribution in [-0.4, -0.2) is 12.4 Å². The van der Waals surface area contributed by atoms with Gasteiger partial charge in [0, 0.05) is 10.9 Å². The molecule has 0 saturated heterocycles. The molecule has 0 radical (unpaired) electrons. The van der Waals surface area contributed by atoms with Crippen LogP contribution in [0.25, 0.3) is 0 Å². The molecule has 0 spiro atoms. The van der Waals surface area contributed by atoms with Crippen molar-refractivity contribution < 1.29 is 4.74 Å². The summed E-state index contributed by atoms with van der Waals surface area (Å²) in [6, 6.07) is 5.24. The number of ether oxygens (including phenoxy) is 1. The van der Waals surface area contributed by atoms with E-state index in [0.29, 0.717) is 28.3 Å². The zero-order chi connectivity index (χ0) is 11.3. The Hall–Kier alpha value is -0.0500. The SMILES string of the molecule is CCC(CS)COc1ccc(Cl)cc1Cl. The molecule has 0 heterocycles. The van der Waals surface area contributed by atoms with Crippen molar-refractivity contribution in [1.82, 2.24) is 0 Å². The molecule has 1 rings (SSSR count). The van der Waals surface area contributed by atoms with Crippen molar-refractivity contribution in [2.24, 2.45) is 5.92 Å². The van der Waals surface area contributed by atoms with Gasteiger partial charge in [-0.05, 0) is 30.4 Å². The van der Waals surface area contributed by atoms with Crippen molar-refractivity contribution in [2.75, 3.05) is 12.4 Å². The summed E-state index contributed by atoms with van der Waals surface area (Å²) in [5.41, 5.74) is 0. The summed E-state index contributed by atoms with van der Waals surface area (Å²) >= 11 is 16.0. The molecule has 0 bridgehead atoms. The lowest BCUT2D eigenvalue weighted by atomic mass is 10.1. The maximum atomic E-state index is 5.97. The van der Waals surface area contributed by atoms with Gasteiger partial charge in [-0.3, -0.25) is 0 Å². The minimum Gasteiger partial charge on any atom is -0.492 e. The Balaban J connectivity index is 2.57. The van der Waals surface area contributed by atoms with Crippen LogP contribution in [0.2, 0.25) is 10.0 Å². The van der Waals surface area contributed by atoms with Crippen molar-refractivity contribution in [3.63, 3.8) is 0 Å². The number of thiol groups is 1. The number of rotatable bonds is 5. The average Bonchev–Trinajstić information content (AvgIpc) is 2.22. The first-order valence-corrected chi connectivity index (χ1v) is 6.25. The summed E-state index contributed by atoms with van der Waals surface area (Å²) in [7, 11) is 0. The minimum absolute atomic E-state index is 0.458. The number of hydrogen-bond acceptors (Lipinski definition) is 2. The summed E-state index contributed by atoms with van der Waals surface area (Å²) in [5.74, 6) is 1.96. The lowest BCUT2D eigenvalue weighted by molar-refractivity contribution is 0.259. The first kappa shape index (κ1) is 13.0. The number of halogens is 2. The summed E-state index contributed by atoms with van der Waals surface area (Å²) in [6.07, 6.45) is 1.05. The average molecular weight is 265 g/mol. The lowest BCUT2D eigenvalue weighted by Gasteiger charge is -2.14. The molecule has 0 saturated carbocycles. The first-order valence-electron chi connectivity index (χ1n) is 4.86. The monoisotopic (exact) mass is 264 g/mol. The smallest absolute Gasteiger partial charge is 0.137 e. The Morgan fingerprint density at radius 3 is 2.67 bits per heavy atom. The van der Waals surface area contributed by atoms with E-state index in [-0.39, 0.29) is 0 Å². The molecule has 0 N–H and O–H groups in total. The van der Waals surface area contributed by atoms with Gasteiger partial charge >= 0.3 is 0 Å². The molecule has 0 aliphatic rings. The third kappa shape index (κ3) is 4.13. The van der Waals surface area contributed by atoms with Crippen molar-refractivity contribution in [3.05, 3.63) is 28.2 Å². The van der Waals surface area contributed by atoms with Crippen LogP contribution in [0.15, 0.2) is 18.2 Å². The molecule has 0 aliphatic carbocycles. The molecule has 1 aromatic rings. The molecular formula is C11H14Cl2OS. The van der Waals surface area contributed by atoms with Crippen LogP contribution >= 0.6 is 35.8 Å². The fourth-order valence-electron chi connectivity index (χ4n) is 1.10. The van der Waals surface area contributed by atoms with Gasteiger partial charge in [0.05, 0.1) is 11.6 Å².